The van der Waals surface area contributed by atoms with Crippen LogP contribution < -0.4 is 4.90 Å². The summed E-state index contributed by atoms with van der Waals surface area (Å²) in [4.78, 5) is 3.83. The Bertz CT molecular complexity index is 689. The monoisotopic (exact) mass is 315 g/mol. The summed E-state index contributed by atoms with van der Waals surface area (Å²) in [5.74, 6) is 1.04. The molecule has 0 bridgehead atoms. The molecule has 4 nitrogen and oxygen atoms in total. The summed E-state index contributed by atoms with van der Waals surface area (Å²) in [6, 6.07) is 2.27. The molecule has 5 heteroatoms. The van der Waals surface area contributed by atoms with Crippen molar-refractivity contribution in [1.82, 2.24) is 10.2 Å². The van der Waals surface area contributed by atoms with E-state index in [-0.39, 0.29) is 5.60 Å². The van der Waals surface area contributed by atoms with Gasteiger partial charge in [0, 0.05) is 18.0 Å². The van der Waals surface area contributed by atoms with Gasteiger partial charge in [0.2, 0.25) is 0 Å². The second kappa shape index (κ2) is 5.32. The molecule has 0 amide bonds. The Morgan fingerprint density at radius 3 is 2.91 bits per heavy atom. The lowest BCUT2D eigenvalue weighted by Crippen LogP contribution is -2.46. The molecule has 0 saturated carbocycles. The molecule has 0 radical (unpaired) electrons. The average Bonchev–Trinajstić information content (AvgIpc) is 3.02. The van der Waals surface area contributed by atoms with Crippen molar-refractivity contribution < 1.29 is 4.74 Å². The zero-order valence-corrected chi connectivity index (χ0v) is 13.9. The fraction of sp³-hybridized carbons (Fsp3) is 0.529. The predicted octanol–water partition coefficient (Wildman–Crippen LogP) is 3.22. The van der Waals surface area contributed by atoms with Gasteiger partial charge in [-0.3, -0.25) is 0 Å². The van der Waals surface area contributed by atoms with E-state index in [0.29, 0.717) is 0 Å². The first-order valence-corrected chi connectivity index (χ1v) is 8.82. The van der Waals surface area contributed by atoms with E-state index in [0.717, 1.165) is 44.8 Å². The number of anilines is 1. The summed E-state index contributed by atoms with van der Waals surface area (Å²) in [7, 11) is 0. The molecule has 2 aliphatic rings. The van der Waals surface area contributed by atoms with Crippen LogP contribution in [0.25, 0.3) is 0 Å². The normalized spacial score (nSPS) is 20.2. The lowest BCUT2D eigenvalue weighted by atomic mass is 9.85. The van der Waals surface area contributed by atoms with Crippen LogP contribution in [0.3, 0.4) is 0 Å². The first-order chi connectivity index (χ1) is 10.7. The summed E-state index contributed by atoms with van der Waals surface area (Å²) in [5.41, 5.74) is 3.90. The summed E-state index contributed by atoms with van der Waals surface area (Å²) in [6.07, 6.45) is 4.98. The molecule has 0 atom stereocenters. The number of piperidine rings is 1. The molecule has 22 heavy (non-hydrogen) atoms. The van der Waals surface area contributed by atoms with Gasteiger partial charge in [-0.15, -0.1) is 16.4 Å². The van der Waals surface area contributed by atoms with Crippen LogP contribution in [0, 0.1) is 13.8 Å². The molecule has 1 fully saturated rings. The van der Waals surface area contributed by atoms with E-state index in [1.54, 1.807) is 0 Å². The van der Waals surface area contributed by atoms with Crippen LogP contribution in [0.1, 0.15) is 34.4 Å². The summed E-state index contributed by atoms with van der Waals surface area (Å²) in [6.45, 7) is 7.05. The Balaban J connectivity index is 1.58. The van der Waals surface area contributed by atoms with Crippen molar-refractivity contribution in [3.63, 3.8) is 0 Å². The molecule has 116 valence electrons. The zero-order valence-electron chi connectivity index (χ0n) is 13.1. The molecule has 4 heterocycles. The van der Waals surface area contributed by atoms with Gasteiger partial charge in [-0.25, -0.2) is 0 Å². The largest absolute Gasteiger partial charge is 0.369 e. The van der Waals surface area contributed by atoms with Crippen molar-refractivity contribution in [1.29, 1.82) is 0 Å². The highest BCUT2D eigenvalue weighted by molar-refractivity contribution is 7.10. The molecule has 2 aliphatic heterocycles. The van der Waals surface area contributed by atoms with Crippen molar-refractivity contribution in [3.8, 4) is 0 Å². The maximum absolute atomic E-state index is 6.28. The van der Waals surface area contributed by atoms with Crippen LogP contribution in [0.15, 0.2) is 17.6 Å². The first-order valence-electron chi connectivity index (χ1n) is 7.94. The topological polar surface area (TPSA) is 38.2 Å². The third-order valence-corrected chi connectivity index (χ3v) is 6.25. The van der Waals surface area contributed by atoms with Crippen molar-refractivity contribution in [2.45, 2.75) is 38.7 Å². The van der Waals surface area contributed by atoms with Crippen LogP contribution in [0.5, 0.6) is 0 Å². The van der Waals surface area contributed by atoms with Gasteiger partial charge < -0.3 is 9.64 Å². The maximum atomic E-state index is 6.28. The van der Waals surface area contributed by atoms with Crippen molar-refractivity contribution in [3.05, 3.63) is 39.2 Å². The summed E-state index contributed by atoms with van der Waals surface area (Å²) < 4.78 is 6.28. The molecule has 2 aromatic rings. The van der Waals surface area contributed by atoms with Crippen LogP contribution in [0.4, 0.5) is 5.82 Å². The van der Waals surface area contributed by atoms with Crippen LogP contribution in [-0.4, -0.2) is 29.9 Å². The number of thiophene rings is 1. The number of nitrogens with zero attached hydrogens (tertiary/aromatic N) is 3. The minimum absolute atomic E-state index is 0.0522. The third-order valence-electron chi connectivity index (χ3n) is 5.11. The molecular formula is C17H21N3OS. The van der Waals surface area contributed by atoms with Gasteiger partial charge in [0.1, 0.15) is 5.60 Å². The smallest absolute Gasteiger partial charge is 0.154 e. The molecule has 1 spiro atoms. The van der Waals surface area contributed by atoms with Gasteiger partial charge in [-0.1, -0.05) is 0 Å². The molecular weight excluding hydrogens is 294 g/mol. The number of rotatable bonds is 1. The Labute approximate surface area is 135 Å². The Morgan fingerprint density at radius 2 is 2.09 bits per heavy atom. The highest BCUT2D eigenvalue weighted by Gasteiger charge is 2.42. The summed E-state index contributed by atoms with van der Waals surface area (Å²) in [5, 5.41) is 10.7. The van der Waals surface area contributed by atoms with Crippen LogP contribution in [0.2, 0.25) is 0 Å². The van der Waals surface area contributed by atoms with Crippen molar-refractivity contribution >= 4 is 17.2 Å². The number of hydrogen-bond donors (Lipinski definition) is 0. The van der Waals surface area contributed by atoms with E-state index in [1.165, 1.54) is 21.6 Å². The van der Waals surface area contributed by atoms with Crippen molar-refractivity contribution in [2.75, 3.05) is 24.6 Å². The minimum Gasteiger partial charge on any atom is -0.369 e. The van der Waals surface area contributed by atoms with E-state index in [2.05, 4.69) is 40.4 Å². The molecule has 0 aliphatic carbocycles. The van der Waals surface area contributed by atoms with E-state index >= 15 is 0 Å². The lowest BCUT2D eigenvalue weighted by Gasteiger charge is -2.44. The molecule has 2 aromatic heterocycles. The molecule has 0 unspecified atom stereocenters. The maximum Gasteiger partial charge on any atom is 0.154 e. The number of fused-ring (bicyclic) bond motifs is 2. The minimum atomic E-state index is -0.0522. The molecule has 1 saturated heterocycles. The first kappa shape index (κ1) is 14.2. The quantitative estimate of drug-likeness (QED) is 0.810. The molecule has 0 N–H and O–H groups in total. The van der Waals surface area contributed by atoms with Gasteiger partial charge in [0.25, 0.3) is 0 Å². The predicted molar refractivity (Wildman–Crippen MR) is 88.6 cm³/mol. The number of hydrogen-bond acceptors (Lipinski definition) is 5. The fourth-order valence-corrected chi connectivity index (χ4v) is 4.79. The highest BCUT2D eigenvalue weighted by atomic mass is 32.1. The second-order valence-electron chi connectivity index (χ2n) is 6.33. The Kier molecular flexibility index (Phi) is 3.42. The number of ether oxygens (including phenoxy) is 1. The Hall–Kier alpha value is -1.46. The molecule has 4 rings (SSSR count). The highest BCUT2D eigenvalue weighted by Crippen LogP contribution is 2.44. The van der Waals surface area contributed by atoms with Gasteiger partial charge in [0.15, 0.2) is 5.82 Å². The van der Waals surface area contributed by atoms with E-state index in [4.69, 9.17) is 4.74 Å². The van der Waals surface area contributed by atoms with Gasteiger partial charge in [-0.2, -0.15) is 5.10 Å². The summed E-state index contributed by atoms with van der Waals surface area (Å²) >= 11 is 1.86. The van der Waals surface area contributed by atoms with Gasteiger partial charge in [0.05, 0.1) is 12.8 Å². The van der Waals surface area contributed by atoms with Gasteiger partial charge in [-0.05, 0) is 61.2 Å². The zero-order chi connectivity index (χ0) is 15.2. The van der Waals surface area contributed by atoms with Gasteiger partial charge >= 0.3 is 0 Å². The number of aromatic nitrogens is 2. The standard InChI is InChI=1S/C17H21N3OS/c1-12-11-18-19-16(13(12)2)20-7-5-17(6-8-20)15-14(3-9-21-17)4-10-22-15/h4,10-11H,3,5-9H2,1-2H3. The number of aryl methyl sites for hydroxylation is 1. The third kappa shape index (κ3) is 2.15. The molecule has 0 aromatic carbocycles. The van der Waals surface area contributed by atoms with E-state index in [1.807, 2.05) is 17.5 Å². The van der Waals surface area contributed by atoms with E-state index < -0.39 is 0 Å². The van der Waals surface area contributed by atoms with E-state index in [9.17, 15) is 0 Å². The fourth-order valence-electron chi connectivity index (χ4n) is 3.62. The SMILES string of the molecule is Cc1cnnc(N2CCC3(CC2)OCCc2ccsc23)c1C. The average molecular weight is 315 g/mol. The lowest BCUT2D eigenvalue weighted by molar-refractivity contribution is -0.0735. The van der Waals surface area contributed by atoms with Crippen LogP contribution >= 0.6 is 11.3 Å². The Morgan fingerprint density at radius 1 is 1.27 bits per heavy atom. The van der Waals surface area contributed by atoms with Crippen molar-refractivity contribution in [2.24, 2.45) is 0 Å². The van der Waals surface area contributed by atoms with Crippen LogP contribution in [-0.2, 0) is 16.8 Å². The second-order valence-corrected chi connectivity index (χ2v) is 7.25.